The van der Waals surface area contributed by atoms with Gasteiger partial charge in [0.1, 0.15) is 24.5 Å². The second-order valence-corrected chi connectivity index (χ2v) is 7.33. The Morgan fingerprint density at radius 1 is 1.11 bits per heavy atom. The smallest absolute Gasteiger partial charge is 0.323 e. The second-order valence-electron chi connectivity index (χ2n) is 7.33. The standard InChI is InChI=1S/C22H26N2O3/c25-22(20-5-1-2-11-24-20)27-21-6-3-4-17-7-8-18(14-19(17)21)26-15-16-9-12-23-13-10-16/h7-10,12-14,20-21,24H,1-6,11,15H2/t20-,21?/m0/s1. The molecule has 2 aliphatic rings. The van der Waals surface area contributed by atoms with E-state index < -0.39 is 0 Å². The lowest BCUT2D eigenvalue weighted by Crippen LogP contribution is -2.42. The molecule has 2 heterocycles. The van der Waals surface area contributed by atoms with Crippen LogP contribution in [0.15, 0.2) is 42.7 Å². The van der Waals surface area contributed by atoms with Crippen molar-refractivity contribution in [1.29, 1.82) is 0 Å². The summed E-state index contributed by atoms with van der Waals surface area (Å²) in [6.45, 7) is 1.39. The van der Waals surface area contributed by atoms with E-state index in [1.807, 2.05) is 24.3 Å². The minimum atomic E-state index is -0.172. The van der Waals surface area contributed by atoms with Crippen LogP contribution in [0.2, 0.25) is 0 Å². The van der Waals surface area contributed by atoms with Gasteiger partial charge in [-0.15, -0.1) is 0 Å². The van der Waals surface area contributed by atoms with Crippen molar-refractivity contribution >= 4 is 5.97 Å². The van der Waals surface area contributed by atoms with Crippen LogP contribution in [0.1, 0.15) is 54.9 Å². The number of carbonyl (C=O) groups is 1. The van der Waals surface area contributed by atoms with Crippen molar-refractivity contribution in [1.82, 2.24) is 10.3 Å². The van der Waals surface area contributed by atoms with Crippen LogP contribution >= 0.6 is 0 Å². The molecule has 1 saturated heterocycles. The molecule has 0 amide bonds. The Kier molecular flexibility index (Phi) is 5.68. The Balaban J connectivity index is 1.44. The average molecular weight is 366 g/mol. The average Bonchev–Trinajstić information content (AvgIpc) is 2.74. The quantitative estimate of drug-likeness (QED) is 0.817. The highest BCUT2D eigenvalue weighted by atomic mass is 16.5. The van der Waals surface area contributed by atoms with Crippen molar-refractivity contribution in [2.24, 2.45) is 0 Å². The van der Waals surface area contributed by atoms with Gasteiger partial charge in [0.05, 0.1) is 0 Å². The molecule has 1 N–H and O–H groups in total. The van der Waals surface area contributed by atoms with E-state index in [0.717, 1.165) is 61.9 Å². The van der Waals surface area contributed by atoms with Crippen molar-refractivity contribution in [2.45, 2.75) is 57.3 Å². The van der Waals surface area contributed by atoms with E-state index in [1.165, 1.54) is 5.56 Å². The van der Waals surface area contributed by atoms with Crippen LogP contribution < -0.4 is 10.1 Å². The number of hydrogen-bond donors (Lipinski definition) is 1. The molecule has 27 heavy (non-hydrogen) atoms. The molecule has 1 unspecified atom stereocenters. The minimum absolute atomic E-state index is 0.115. The third kappa shape index (κ3) is 4.48. The minimum Gasteiger partial charge on any atom is -0.489 e. The summed E-state index contributed by atoms with van der Waals surface area (Å²) >= 11 is 0. The summed E-state index contributed by atoms with van der Waals surface area (Å²) in [5, 5.41) is 3.28. The third-order valence-electron chi connectivity index (χ3n) is 5.38. The zero-order chi connectivity index (χ0) is 18.5. The van der Waals surface area contributed by atoms with E-state index in [1.54, 1.807) is 12.4 Å². The Labute approximate surface area is 160 Å². The first-order chi connectivity index (χ1) is 13.3. The largest absolute Gasteiger partial charge is 0.489 e. The van der Waals surface area contributed by atoms with E-state index in [9.17, 15) is 4.79 Å². The number of fused-ring (bicyclic) bond motifs is 1. The summed E-state index contributed by atoms with van der Waals surface area (Å²) in [4.78, 5) is 16.6. The highest BCUT2D eigenvalue weighted by molar-refractivity contribution is 5.76. The Morgan fingerprint density at radius 3 is 2.81 bits per heavy atom. The molecule has 4 rings (SSSR count). The molecule has 1 aromatic carbocycles. The third-order valence-corrected chi connectivity index (χ3v) is 5.38. The summed E-state index contributed by atoms with van der Waals surface area (Å²) in [6, 6.07) is 9.89. The van der Waals surface area contributed by atoms with E-state index >= 15 is 0 Å². The predicted octanol–water partition coefficient (Wildman–Crippen LogP) is 3.72. The maximum Gasteiger partial charge on any atom is 0.323 e. The number of rotatable bonds is 5. The van der Waals surface area contributed by atoms with Gasteiger partial charge in [-0.25, -0.2) is 0 Å². The van der Waals surface area contributed by atoms with Gasteiger partial charge in [0, 0.05) is 12.4 Å². The van der Waals surface area contributed by atoms with Gasteiger partial charge in [-0.3, -0.25) is 9.78 Å². The van der Waals surface area contributed by atoms with E-state index in [4.69, 9.17) is 9.47 Å². The van der Waals surface area contributed by atoms with Gasteiger partial charge in [-0.2, -0.15) is 0 Å². The lowest BCUT2D eigenvalue weighted by molar-refractivity contribution is -0.153. The Bertz CT molecular complexity index is 772. The fraction of sp³-hybridized carbons (Fsp3) is 0.455. The zero-order valence-electron chi connectivity index (χ0n) is 15.5. The Morgan fingerprint density at radius 2 is 2.00 bits per heavy atom. The predicted molar refractivity (Wildman–Crippen MR) is 102 cm³/mol. The topological polar surface area (TPSA) is 60.5 Å². The number of piperidine rings is 1. The maximum atomic E-state index is 12.5. The lowest BCUT2D eigenvalue weighted by atomic mass is 9.89. The van der Waals surface area contributed by atoms with Crippen molar-refractivity contribution < 1.29 is 14.3 Å². The van der Waals surface area contributed by atoms with Crippen molar-refractivity contribution in [3.8, 4) is 5.75 Å². The molecule has 0 radical (unpaired) electrons. The van der Waals surface area contributed by atoms with Crippen LogP contribution in [0.4, 0.5) is 0 Å². The molecule has 1 aliphatic heterocycles. The van der Waals surface area contributed by atoms with Crippen LogP contribution in [0.3, 0.4) is 0 Å². The number of aromatic nitrogens is 1. The number of carbonyl (C=O) groups excluding carboxylic acids is 1. The normalized spacial score (nSPS) is 21.9. The summed E-state index contributed by atoms with van der Waals surface area (Å²) < 4.78 is 11.9. The molecule has 2 atom stereocenters. The molecule has 142 valence electrons. The summed E-state index contributed by atoms with van der Waals surface area (Å²) in [6.07, 6.45) is 9.38. The van der Waals surface area contributed by atoms with Crippen LogP contribution in [0.25, 0.3) is 0 Å². The Hall–Kier alpha value is -2.40. The van der Waals surface area contributed by atoms with Crippen LogP contribution in [-0.2, 0) is 22.6 Å². The van der Waals surface area contributed by atoms with Gasteiger partial charge in [0.25, 0.3) is 0 Å². The molecular formula is C22H26N2O3. The van der Waals surface area contributed by atoms with E-state index in [0.29, 0.717) is 6.61 Å². The van der Waals surface area contributed by atoms with Gasteiger partial charge in [0.15, 0.2) is 0 Å². The van der Waals surface area contributed by atoms with Crippen molar-refractivity contribution in [3.63, 3.8) is 0 Å². The molecule has 0 bridgehead atoms. The molecule has 0 spiro atoms. The lowest BCUT2D eigenvalue weighted by Gasteiger charge is -2.29. The molecule has 1 aliphatic carbocycles. The van der Waals surface area contributed by atoms with Crippen LogP contribution in [0, 0.1) is 0 Å². The summed E-state index contributed by atoms with van der Waals surface area (Å²) in [5.74, 6) is 0.694. The first-order valence-electron chi connectivity index (χ1n) is 9.88. The fourth-order valence-electron chi connectivity index (χ4n) is 3.87. The molecular weight excluding hydrogens is 340 g/mol. The van der Waals surface area contributed by atoms with E-state index in [2.05, 4.69) is 16.4 Å². The van der Waals surface area contributed by atoms with Crippen molar-refractivity contribution in [2.75, 3.05) is 6.54 Å². The number of nitrogens with zero attached hydrogens (tertiary/aromatic N) is 1. The van der Waals surface area contributed by atoms with Gasteiger partial charge in [-0.1, -0.05) is 12.5 Å². The number of benzene rings is 1. The number of ether oxygens (including phenoxy) is 2. The van der Waals surface area contributed by atoms with Crippen LogP contribution in [0.5, 0.6) is 5.75 Å². The molecule has 5 heteroatoms. The highest BCUT2D eigenvalue weighted by Crippen LogP contribution is 2.35. The first kappa shape index (κ1) is 18.0. The maximum absolute atomic E-state index is 12.5. The highest BCUT2D eigenvalue weighted by Gasteiger charge is 2.28. The monoisotopic (exact) mass is 366 g/mol. The SMILES string of the molecule is O=C(OC1CCCc2ccc(OCc3ccncc3)cc21)[C@@H]1CCCCN1. The molecule has 2 aromatic rings. The number of hydrogen-bond acceptors (Lipinski definition) is 5. The number of pyridine rings is 1. The number of esters is 1. The van der Waals surface area contributed by atoms with Gasteiger partial charge >= 0.3 is 5.97 Å². The fourth-order valence-corrected chi connectivity index (χ4v) is 3.87. The first-order valence-corrected chi connectivity index (χ1v) is 9.88. The van der Waals surface area contributed by atoms with Crippen LogP contribution in [-0.4, -0.2) is 23.5 Å². The number of nitrogens with one attached hydrogen (secondary N) is 1. The van der Waals surface area contributed by atoms with Gasteiger partial charge in [-0.05, 0) is 79.6 Å². The molecule has 0 saturated carbocycles. The molecule has 5 nitrogen and oxygen atoms in total. The number of aryl methyl sites for hydroxylation is 1. The van der Waals surface area contributed by atoms with E-state index in [-0.39, 0.29) is 18.1 Å². The van der Waals surface area contributed by atoms with Gasteiger partial charge < -0.3 is 14.8 Å². The van der Waals surface area contributed by atoms with Gasteiger partial charge in [0.2, 0.25) is 0 Å². The molecule has 1 fully saturated rings. The van der Waals surface area contributed by atoms with Crippen molar-refractivity contribution in [3.05, 3.63) is 59.4 Å². The summed E-state index contributed by atoms with van der Waals surface area (Å²) in [5.41, 5.74) is 3.43. The molecule has 1 aromatic heterocycles. The zero-order valence-corrected chi connectivity index (χ0v) is 15.5. The summed E-state index contributed by atoms with van der Waals surface area (Å²) in [7, 11) is 0. The second kappa shape index (κ2) is 8.53.